The first kappa shape index (κ1) is 12.7. The molecular weight excluding hydrogens is 333 g/mol. The van der Waals surface area contributed by atoms with Crippen molar-refractivity contribution < 1.29 is 13.3 Å². The molecule has 0 fully saturated rings. The van der Waals surface area contributed by atoms with Gasteiger partial charge in [0, 0.05) is 22.8 Å². The van der Waals surface area contributed by atoms with E-state index in [1.807, 2.05) is 0 Å². The van der Waals surface area contributed by atoms with Gasteiger partial charge < -0.3 is 0 Å². The Morgan fingerprint density at radius 2 is 1.93 bits per heavy atom. The molecule has 0 atom stereocenters. The third kappa shape index (κ3) is 2.81. The number of benzene rings is 1. The predicted octanol–water partition coefficient (Wildman–Crippen LogP) is 2.94. The van der Waals surface area contributed by atoms with E-state index in [2.05, 4.69) is 15.9 Å². The van der Waals surface area contributed by atoms with Gasteiger partial charge in [0.25, 0.3) is 14.7 Å². The number of hydrogen-bond acceptors (Lipinski definition) is 4. The van der Waals surface area contributed by atoms with Crippen LogP contribution in [0.1, 0.15) is 0 Å². The molecule has 9 heteroatoms. The van der Waals surface area contributed by atoms with Gasteiger partial charge in [-0.1, -0.05) is 11.6 Å². The lowest BCUT2D eigenvalue weighted by Crippen LogP contribution is -1.96. The Labute approximate surface area is 103 Å². The molecule has 0 aliphatic heterocycles. The lowest BCUT2D eigenvalue weighted by atomic mass is 10.3. The molecule has 0 spiro atoms. The quantitative estimate of drug-likeness (QED) is 0.473. The van der Waals surface area contributed by atoms with Crippen molar-refractivity contribution in [2.24, 2.45) is 0 Å². The Bertz CT molecular complexity index is 530. The van der Waals surface area contributed by atoms with E-state index in [0.29, 0.717) is 0 Å². The van der Waals surface area contributed by atoms with Gasteiger partial charge in [0.2, 0.25) is 0 Å². The van der Waals surface area contributed by atoms with E-state index < -0.39 is 24.6 Å². The van der Waals surface area contributed by atoms with Crippen LogP contribution in [0.25, 0.3) is 0 Å². The zero-order valence-electron chi connectivity index (χ0n) is 6.78. The molecule has 15 heavy (non-hydrogen) atoms. The Morgan fingerprint density at radius 1 is 1.40 bits per heavy atom. The second-order valence-electron chi connectivity index (χ2n) is 2.43. The summed E-state index contributed by atoms with van der Waals surface area (Å²) in [5.41, 5.74) is -0.442. The van der Waals surface area contributed by atoms with Gasteiger partial charge in [0.15, 0.2) is 0 Å². The van der Waals surface area contributed by atoms with Crippen molar-refractivity contribution in [1.29, 1.82) is 0 Å². The first-order chi connectivity index (χ1) is 6.73. The monoisotopic (exact) mass is 333 g/mol. The number of nitro groups is 1. The topological polar surface area (TPSA) is 77.3 Å². The normalized spacial score (nSPS) is 11.4. The second kappa shape index (κ2) is 4.25. The molecule has 1 aromatic carbocycles. The van der Waals surface area contributed by atoms with Crippen LogP contribution in [-0.4, -0.2) is 13.3 Å². The van der Waals surface area contributed by atoms with Crippen molar-refractivity contribution in [2.75, 3.05) is 0 Å². The number of non-ortho nitro benzene ring substituents is 1. The molecule has 0 saturated heterocycles. The van der Waals surface area contributed by atoms with Gasteiger partial charge in [0.1, 0.15) is 4.90 Å². The van der Waals surface area contributed by atoms with Crippen LogP contribution in [0.2, 0.25) is 5.02 Å². The molecule has 0 aromatic heterocycles. The largest absolute Gasteiger partial charge is 0.272 e. The fourth-order valence-corrected chi connectivity index (χ4v) is 3.20. The predicted molar refractivity (Wildman–Crippen MR) is 58.8 cm³/mol. The molecule has 1 aromatic rings. The molecule has 5 nitrogen and oxygen atoms in total. The first-order valence-corrected chi connectivity index (χ1v) is 6.79. The molecule has 0 aliphatic carbocycles. The van der Waals surface area contributed by atoms with Crippen LogP contribution in [-0.2, 0) is 9.05 Å². The number of rotatable bonds is 2. The zero-order valence-corrected chi connectivity index (χ0v) is 10.7. The van der Waals surface area contributed by atoms with Crippen LogP contribution >= 0.6 is 38.2 Å². The third-order valence-electron chi connectivity index (χ3n) is 1.45. The maximum atomic E-state index is 11.0. The lowest BCUT2D eigenvalue weighted by Gasteiger charge is -2.02. The minimum atomic E-state index is -4.08. The summed E-state index contributed by atoms with van der Waals surface area (Å²) >= 11 is 8.48. The number of halogens is 3. The fraction of sp³-hybridized carbons (Fsp3) is 0. The molecule has 0 radical (unpaired) electrons. The summed E-state index contributed by atoms with van der Waals surface area (Å²) in [4.78, 5) is 9.25. The smallest absolute Gasteiger partial charge is 0.258 e. The molecule has 0 aliphatic rings. The lowest BCUT2D eigenvalue weighted by molar-refractivity contribution is -0.385. The van der Waals surface area contributed by atoms with Gasteiger partial charge in [-0.3, -0.25) is 10.1 Å². The SMILES string of the molecule is O=[N+]([O-])c1cc(Cl)c(Br)c(S(=O)(=O)Cl)c1. The minimum absolute atomic E-state index is 0.00441. The highest BCUT2D eigenvalue weighted by Gasteiger charge is 2.21. The van der Waals surface area contributed by atoms with Gasteiger partial charge in [-0.15, -0.1) is 0 Å². The van der Waals surface area contributed by atoms with Crippen LogP contribution < -0.4 is 0 Å². The van der Waals surface area contributed by atoms with E-state index in [-0.39, 0.29) is 9.50 Å². The van der Waals surface area contributed by atoms with E-state index in [4.69, 9.17) is 22.3 Å². The van der Waals surface area contributed by atoms with Crippen molar-refractivity contribution in [3.63, 3.8) is 0 Å². The van der Waals surface area contributed by atoms with E-state index in [9.17, 15) is 18.5 Å². The van der Waals surface area contributed by atoms with Gasteiger partial charge in [-0.2, -0.15) is 0 Å². The Kier molecular flexibility index (Phi) is 3.59. The standard InChI is InChI=1S/C6H2BrCl2NO4S/c7-6-4(8)1-3(10(11)12)2-5(6)15(9,13)14/h1-2H. The zero-order chi connectivity index (χ0) is 11.8. The van der Waals surface area contributed by atoms with Crippen LogP contribution in [0.3, 0.4) is 0 Å². The minimum Gasteiger partial charge on any atom is -0.258 e. The van der Waals surface area contributed by atoms with Crippen molar-refractivity contribution >= 4 is 53.0 Å². The maximum Gasteiger partial charge on any atom is 0.272 e. The molecule has 0 N–H and O–H groups in total. The summed E-state index contributed by atoms with van der Waals surface area (Å²) in [5.74, 6) is 0. The summed E-state index contributed by atoms with van der Waals surface area (Å²) in [6, 6.07) is 1.86. The van der Waals surface area contributed by atoms with Crippen molar-refractivity contribution in [2.45, 2.75) is 4.90 Å². The molecule has 0 bridgehead atoms. The molecule has 0 amide bonds. The molecule has 0 saturated carbocycles. The van der Waals surface area contributed by atoms with Gasteiger partial charge in [-0.25, -0.2) is 8.42 Å². The summed E-state index contributed by atoms with van der Waals surface area (Å²) in [6.07, 6.45) is 0. The molecular formula is C6H2BrCl2NO4S. The number of hydrogen-bond donors (Lipinski definition) is 0. The number of nitrogens with zero attached hydrogens (tertiary/aromatic N) is 1. The van der Waals surface area contributed by atoms with Crippen LogP contribution in [0.15, 0.2) is 21.5 Å². The average Bonchev–Trinajstić information content (AvgIpc) is 2.06. The molecule has 82 valence electrons. The van der Waals surface area contributed by atoms with Crippen molar-refractivity contribution in [1.82, 2.24) is 0 Å². The van der Waals surface area contributed by atoms with Gasteiger partial charge in [0.05, 0.1) is 14.4 Å². The summed E-state index contributed by atoms with van der Waals surface area (Å²) in [5, 5.41) is 10.3. The van der Waals surface area contributed by atoms with Crippen molar-refractivity contribution in [3.8, 4) is 0 Å². The molecule has 0 unspecified atom stereocenters. The Morgan fingerprint density at radius 3 is 2.33 bits per heavy atom. The van der Waals surface area contributed by atoms with Crippen molar-refractivity contribution in [3.05, 3.63) is 31.7 Å². The highest BCUT2D eigenvalue weighted by molar-refractivity contribution is 9.10. The van der Waals surface area contributed by atoms with Gasteiger partial charge in [-0.05, 0) is 15.9 Å². The summed E-state index contributed by atoms with van der Waals surface area (Å²) < 4.78 is 22.1. The summed E-state index contributed by atoms with van der Waals surface area (Å²) in [7, 11) is 0.998. The third-order valence-corrected chi connectivity index (χ3v) is 4.44. The fourth-order valence-electron chi connectivity index (χ4n) is 0.833. The summed E-state index contributed by atoms with van der Waals surface area (Å²) in [6.45, 7) is 0. The highest BCUT2D eigenvalue weighted by Crippen LogP contribution is 2.35. The van der Waals surface area contributed by atoms with Crippen LogP contribution in [0.5, 0.6) is 0 Å². The van der Waals surface area contributed by atoms with Gasteiger partial charge >= 0.3 is 0 Å². The van der Waals surface area contributed by atoms with E-state index in [1.165, 1.54) is 0 Å². The van der Waals surface area contributed by atoms with Crippen LogP contribution in [0, 0.1) is 10.1 Å². The average molecular weight is 335 g/mol. The number of nitro benzene ring substituents is 1. The molecule has 1 rings (SSSR count). The van der Waals surface area contributed by atoms with E-state index >= 15 is 0 Å². The Balaban J connectivity index is 3.59. The van der Waals surface area contributed by atoms with Crippen LogP contribution in [0.4, 0.5) is 5.69 Å². The highest BCUT2D eigenvalue weighted by atomic mass is 79.9. The van der Waals surface area contributed by atoms with E-state index in [1.54, 1.807) is 0 Å². The molecule has 0 heterocycles. The van der Waals surface area contributed by atoms with E-state index in [0.717, 1.165) is 12.1 Å². The second-order valence-corrected chi connectivity index (χ2v) is 6.17. The Hall–Kier alpha value is -0.370. The maximum absolute atomic E-state index is 11.0. The first-order valence-electron chi connectivity index (χ1n) is 3.31.